The minimum Gasteiger partial charge on any atom is -0.502 e. The van der Waals surface area contributed by atoms with Gasteiger partial charge >= 0.3 is 0 Å². The third-order valence-electron chi connectivity index (χ3n) is 3.08. The van der Waals surface area contributed by atoms with Crippen molar-refractivity contribution >= 4 is 5.78 Å². The van der Waals surface area contributed by atoms with E-state index in [4.69, 9.17) is 14.2 Å². The van der Waals surface area contributed by atoms with Crippen molar-refractivity contribution in [3.8, 4) is 23.0 Å². The fraction of sp³-hybridized carbons (Fsp3) is 0.188. The van der Waals surface area contributed by atoms with Crippen LogP contribution in [0.3, 0.4) is 0 Å². The van der Waals surface area contributed by atoms with Crippen LogP contribution in [0.5, 0.6) is 23.0 Å². The van der Waals surface area contributed by atoms with Gasteiger partial charge in [-0.1, -0.05) is 30.3 Å². The lowest BCUT2D eigenvalue weighted by molar-refractivity contribution is 0.103. The lowest BCUT2D eigenvalue weighted by Crippen LogP contribution is -2.06. The van der Waals surface area contributed by atoms with Crippen molar-refractivity contribution in [3.05, 3.63) is 47.5 Å². The number of hydrogen-bond acceptors (Lipinski definition) is 5. The Bertz CT molecular complexity index is 649. The van der Waals surface area contributed by atoms with E-state index >= 15 is 0 Å². The van der Waals surface area contributed by atoms with E-state index in [0.717, 1.165) is 0 Å². The Morgan fingerprint density at radius 1 is 0.952 bits per heavy atom. The first kappa shape index (κ1) is 14.7. The van der Waals surface area contributed by atoms with Gasteiger partial charge in [-0.2, -0.15) is 0 Å². The molecule has 0 saturated carbocycles. The number of methoxy groups -OCH3 is 3. The van der Waals surface area contributed by atoms with Crippen LogP contribution in [0, 0.1) is 0 Å². The molecular weight excluding hydrogens is 272 g/mol. The maximum atomic E-state index is 12.6. The Morgan fingerprint density at radius 2 is 1.57 bits per heavy atom. The second-order valence-electron chi connectivity index (χ2n) is 4.24. The van der Waals surface area contributed by atoms with Crippen molar-refractivity contribution < 1.29 is 24.1 Å². The van der Waals surface area contributed by atoms with Gasteiger partial charge in [0.05, 0.1) is 26.9 Å². The normalized spacial score (nSPS) is 10.0. The average molecular weight is 288 g/mol. The molecule has 0 fully saturated rings. The quantitative estimate of drug-likeness (QED) is 0.857. The number of phenolic OH excluding ortho intramolecular Hbond substituents is 1. The molecule has 0 aliphatic carbocycles. The number of benzene rings is 2. The summed E-state index contributed by atoms with van der Waals surface area (Å²) in [4.78, 5) is 12.6. The van der Waals surface area contributed by atoms with Gasteiger partial charge in [0.25, 0.3) is 0 Å². The molecule has 0 bridgehead atoms. The Morgan fingerprint density at radius 3 is 2.10 bits per heavy atom. The molecule has 0 amide bonds. The number of carbonyl (C=O) groups excluding carboxylic acids is 1. The molecule has 0 unspecified atom stereocenters. The number of phenols is 1. The highest BCUT2D eigenvalue weighted by molar-refractivity contribution is 6.11. The summed E-state index contributed by atoms with van der Waals surface area (Å²) in [5, 5.41) is 10.0. The second kappa shape index (κ2) is 6.17. The van der Waals surface area contributed by atoms with Crippen LogP contribution in [0.2, 0.25) is 0 Å². The molecule has 0 spiro atoms. The molecule has 1 N–H and O–H groups in total. The van der Waals surface area contributed by atoms with Crippen LogP contribution in [0.1, 0.15) is 15.9 Å². The van der Waals surface area contributed by atoms with Crippen LogP contribution in [0.4, 0.5) is 0 Å². The summed E-state index contributed by atoms with van der Waals surface area (Å²) in [6, 6.07) is 10.2. The van der Waals surface area contributed by atoms with Gasteiger partial charge in [-0.3, -0.25) is 4.79 Å². The molecule has 2 aromatic carbocycles. The van der Waals surface area contributed by atoms with E-state index < -0.39 is 0 Å². The lowest BCUT2D eigenvalue weighted by atomic mass is 10.0. The maximum Gasteiger partial charge on any atom is 0.207 e. The van der Waals surface area contributed by atoms with Crippen LogP contribution in [0.15, 0.2) is 36.4 Å². The largest absolute Gasteiger partial charge is 0.502 e. The van der Waals surface area contributed by atoms with Crippen LogP contribution in [-0.2, 0) is 0 Å². The van der Waals surface area contributed by atoms with Gasteiger partial charge < -0.3 is 19.3 Å². The van der Waals surface area contributed by atoms with E-state index in [0.29, 0.717) is 5.56 Å². The molecule has 2 rings (SSSR count). The van der Waals surface area contributed by atoms with E-state index in [2.05, 4.69) is 0 Å². The van der Waals surface area contributed by atoms with Crippen LogP contribution in [0.25, 0.3) is 0 Å². The minimum absolute atomic E-state index is 0.0659. The van der Waals surface area contributed by atoms with Gasteiger partial charge in [0.15, 0.2) is 17.3 Å². The zero-order valence-electron chi connectivity index (χ0n) is 12.0. The van der Waals surface area contributed by atoms with Gasteiger partial charge in [-0.25, -0.2) is 0 Å². The van der Waals surface area contributed by atoms with Crippen molar-refractivity contribution in [2.45, 2.75) is 0 Å². The molecule has 5 heteroatoms. The zero-order valence-corrected chi connectivity index (χ0v) is 12.0. The molecule has 0 aromatic heterocycles. The Kier molecular flexibility index (Phi) is 4.33. The fourth-order valence-electron chi connectivity index (χ4n) is 2.07. The van der Waals surface area contributed by atoms with E-state index in [1.54, 1.807) is 24.3 Å². The molecular formula is C16H16O5. The number of ether oxygens (including phenoxy) is 3. The summed E-state index contributed by atoms with van der Waals surface area (Å²) in [6.07, 6.45) is 0. The Labute approximate surface area is 122 Å². The van der Waals surface area contributed by atoms with Crippen LogP contribution >= 0.6 is 0 Å². The second-order valence-corrected chi connectivity index (χ2v) is 4.24. The van der Waals surface area contributed by atoms with Crippen molar-refractivity contribution in [1.29, 1.82) is 0 Å². The Hall–Kier alpha value is -2.69. The minimum atomic E-state index is -0.246. The van der Waals surface area contributed by atoms with E-state index in [9.17, 15) is 9.90 Å². The first-order valence-electron chi connectivity index (χ1n) is 6.25. The molecule has 110 valence electrons. The predicted octanol–water partition coefficient (Wildman–Crippen LogP) is 2.65. The van der Waals surface area contributed by atoms with Crippen LogP contribution in [-0.4, -0.2) is 32.2 Å². The number of carbonyl (C=O) groups is 1. The van der Waals surface area contributed by atoms with Crippen molar-refractivity contribution in [3.63, 3.8) is 0 Å². The molecule has 21 heavy (non-hydrogen) atoms. The highest BCUT2D eigenvalue weighted by atomic mass is 16.5. The van der Waals surface area contributed by atoms with Gasteiger partial charge in [-0.15, -0.1) is 0 Å². The standard InChI is InChI=1S/C16H16O5/c1-19-12-9-11(13(17)10-7-5-4-6-8-10)15(20-2)16(21-3)14(12)18/h4-9,18H,1-3H3. The highest BCUT2D eigenvalue weighted by Crippen LogP contribution is 2.46. The summed E-state index contributed by atoms with van der Waals surface area (Å²) < 4.78 is 15.4. The number of rotatable bonds is 5. The first-order valence-corrected chi connectivity index (χ1v) is 6.25. The summed E-state index contributed by atoms with van der Waals surface area (Å²) in [6.45, 7) is 0. The average Bonchev–Trinajstić information content (AvgIpc) is 2.54. The smallest absolute Gasteiger partial charge is 0.207 e. The molecule has 0 atom stereocenters. The van der Waals surface area contributed by atoms with E-state index in [-0.39, 0.29) is 34.3 Å². The molecule has 0 aliphatic rings. The van der Waals surface area contributed by atoms with Crippen LogP contribution < -0.4 is 14.2 Å². The molecule has 0 aliphatic heterocycles. The number of hydrogen-bond donors (Lipinski definition) is 1. The summed E-state index contributed by atoms with van der Waals surface area (Å²) in [5.74, 6) is -0.0711. The van der Waals surface area contributed by atoms with Gasteiger partial charge in [-0.05, 0) is 6.07 Å². The molecule has 2 aromatic rings. The van der Waals surface area contributed by atoms with Gasteiger partial charge in [0, 0.05) is 5.56 Å². The molecule has 0 saturated heterocycles. The van der Waals surface area contributed by atoms with E-state index in [1.807, 2.05) is 6.07 Å². The fourth-order valence-corrected chi connectivity index (χ4v) is 2.07. The van der Waals surface area contributed by atoms with Gasteiger partial charge in [0.2, 0.25) is 11.5 Å². The molecule has 5 nitrogen and oxygen atoms in total. The van der Waals surface area contributed by atoms with E-state index in [1.165, 1.54) is 27.4 Å². The van der Waals surface area contributed by atoms with Gasteiger partial charge in [0.1, 0.15) is 0 Å². The summed E-state index contributed by atoms with van der Waals surface area (Å²) >= 11 is 0. The summed E-state index contributed by atoms with van der Waals surface area (Å²) in [7, 11) is 4.19. The zero-order chi connectivity index (χ0) is 15.4. The third-order valence-corrected chi connectivity index (χ3v) is 3.08. The lowest BCUT2D eigenvalue weighted by Gasteiger charge is -2.16. The number of ketones is 1. The molecule has 0 radical (unpaired) electrons. The monoisotopic (exact) mass is 288 g/mol. The topological polar surface area (TPSA) is 65.0 Å². The number of aromatic hydroxyl groups is 1. The Balaban J connectivity index is 2.65. The summed E-state index contributed by atoms with van der Waals surface area (Å²) in [5.41, 5.74) is 0.765. The van der Waals surface area contributed by atoms with Crippen molar-refractivity contribution in [2.24, 2.45) is 0 Å². The van der Waals surface area contributed by atoms with Crippen molar-refractivity contribution in [1.82, 2.24) is 0 Å². The third kappa shape index (κ3) is 2.63. The van der Waals surface area contributed by atoms with Crippen molar-refractivity contribution in [2.75, 3.05) is 21.3 Å². The first-order chi connectivity index (χ1) is 10.1. The maximum absolute atomic E-state index is 12.6. The predicted molar refractivity (Wildman–Crippen MR) is 77.6 cm³/mol. The molecule has 0 heterocycles. The SMILES string of the molecule is COc1cc(C(=O)c2ccccc2)c(OC)c(OC)c1O. The highest BCUT2D eigenvalue weighted by Gasteiger charge is 2.24.